The molecule has 2 heteroatoms. The van der Waals surface area contributed by atoms with Gasteiger partial charge in [-0.25, -0.2) is 0 Å². The summed E-state index contributed by atoms with van der Waals surface area (Å²) in [4.78, 5) is 0. The first kappa shape index (κ1) is 12.0. The fourth-order valence-corrected chi connectivity index (χ4v) is 3.05. The van der Waals surface area contributed by atoms with E-state index in [2.05, 4.69) is 39.0 Å². The lowest BCUT2D eigenvalue weighted by Gasteiger charge is -2.22. The Balaban J connectivity index is 2.43. The van der Waals surface area contributed by atoms with Crippen molar-refractivity contribution in [3.05, 3.63) is 34.9 Å². The van der Waals surface area contributed by atoms with Crippen LogP contribution in [0.1, 0.15) is 50.0 Å². The summed E-state index contributed by atoms with van der Waals surface area (Å²) in [6.07, 6.45) is 0.609. The molecule has 1 aliphatic rings. The summed E-state index contributed by atoms with van der Waals surface area (Å²) in [5.41, 5.74) is 3.94. The van der Waals surface area contributed by atoms with E-state index in [1.807, 2.05) is 11.8 Å². The minimum atomic E-state index is -0.271. The molecule has 1 aromatic rings. The van der Waals surface area contributed by atoms with Crippen LogP contribution in [0, 0.1) is 0 Å². The van der Waals surface area contributed by atoms with Crippen LogP contribution in [0.5, 0.6) is 0 Å². The number of hydrogen-bond acceptors (Lipinski definition) is 2. The lowest BCUT2D eigenvalue weighted by Crippen LogP contribution is -2.12. The van der Waals surface area contributed by atoms with Crippen LogP contribution in [0.15, 0.2) is 18.2 Å². The molecule has 1 heterocycles. The molecular weight excluding hydrogens is 216 g/mol. The van der Waals surface area contributed by atoms with E-state index < -0.39 is 0 Å². The highest BCUT2D eigenvalue weighted by Gasteiger charge is 2.20. The number of thioether (sulfide) groups is 1. The van der Waals surface area contributed by atoms with E-state index in [0.717, 1.165) is 23.5 Å². The first-order valence-electron chi connectivity index (χ1n) is 5.87. The van der Waals surface area contributed by atoms with Gasteiger partial charge in [-0.1, -0.05) is 39.0 Å². The standard InChI is InChI=1S/C14H20OS/c1-14(2,3)11-5-4-10-9-16-7-6-13(15)12(10)8-11/h4-5,8,13,15H,6-7,9H2,1-3H3. The predicted molar refractivity (Wildman–Crippen MR) is 70.9 cm³/mol. The molecule has 0 spiro atoms. The normalized spacial score (nSPS) is 21.4. The monoisotopic (exact) mass is 236 g/mol. The summed E-state index contributed by atoms with van der Waals surface area (Å²) in [6, 6.07) is 6.60. The lowest BCUT2D eigenvalue weighted by atomic mass is 9.84. The molecule has 0 aromatic heterocycles. The summed E-state index contributed by atoms with van der Waals surface area (Å²) in [6.45, 7) is 6.64. The average molecular weight is 236 g/mol. The van der Waals surface area contributed by atoms with Gasteiger partial charge in [-0.3, -0.25) is 0 Å². The van der Waals surface area contributed by atoms with Crippen molar-refractivity contribution in [1.29, 1.82) is 0 Å². The molecule has 16 heavy (non-hydrogen) atoms. The van der Waals surface area contributed by atoms with E-state index in [-0.39, 0.29) is 11.5 Å². The Morgan fingerprint density at radius 3 is 2.75 bits per heavy atom. The fraction of sp³-hybridized carbons (Fsp3) is 0.571. The summed E-state index contributed by atoms with van der Waals surface area (Å²) in [7, 11) is 0. The zero-order valence-corrected chi connectivity index (χ0v) is 11.1. The molecule has 0 amide bonds. The quantitative estimate of drug-likeness (QED) is 0.742. The Kier molecular flexibility index (Phi) is 3.32. The highest BCUT2D eigenvalue weighted by Crippen LogP contribution is 2.33. The van der Waals surface area contributed by atoms with Crippen molar-refractivity contribution in [2.45, 2.75) is 44.5 Å². The smallest absolute Gasteiger partial charge is 0.0801 e. The van der Waals surface area contributed by atoms with E-state index in [1.54, 1.807) is 0 Å². The van der Waals surface area contributed by atoms with E-state index in [1.165, 1.54) is 11.1 Å². The Morgan fingerprint density at radius 2 is 2.06 bits per heavy atom. The fourth-order valence-electron chi connectivity index (χ4n) is 2.04. The third-order valence-electron chi connectivity index (χ3n) is 3.16. The molecule has 1 aliphatic heterocycles. The molecule has 1 nitrogen and oxygen atoms in total. The molecular formula is C14H20OS. The van der Waals surface area contributed by atoms with Gasteiger partial charge in [-0.2, -0.15) is 11.8 Å². The maximum Gasteiger partial charge on any atom is 0.0801 e. The lowest BCUT2D eigenvalue weighted by molar-refractivity contribution is 0.175. The first-order valence-corrected chi connectivity index (χ1v) is 7.03. The van der Waals surface area contributed by atoms with Gasteiger partial charge in [-0.05, 0) is 34.3 Å². The molecule has 1 aromatic carbocycles. The van der Waals surface area contributed by atoms with Gasteiger partial charge in [0.2, 0.25) is 0 Å². The van der Waals surface area contributed by atoms with Crippen molar-refractivity contribution < 1.29 is 5.11 Å². The van der Waals surface area contributed by atoms with E-state index in [0.29, 0.717) is 0 Å². The van der Waals surface area contributed by atoms with Crippen molar-refractivity contribution in [3.8, 4) is 0 Å². The summed E-state index contributed by atoms with van der Waals surface area (Å²) in [5, 5.41) is 10.1. The number of fused-ring (bicyclic) bond motifs is 1. The minimum absolute atomic E-state index is 0.161. The molecule has 2 rings (SSSR count). The van der Waals surface area contributed by atoms with Crippen LogP contribution < -0.4 is 0 Å². The molecule has 0 bridgehead atoms. The zero-order chi connectivity index (χ0) is 11.8. The van der Waals surface area contributed by atoms with Crippen LogP contribution in [0.2, 0.25) is 0 Å². The van der Waals surface area contributed by atoms with Crippen molar-refractivity contribution in [2.75, 3.05) is 5.75 Å². The Bertz CT molecular complexity index is 379. The maximum atomic E-state index is 10.1. The summed E-state index contributed by atoms with van der Waals surface area (Å²) in [5.74, 6) is 2.09. The van der Waals surface area contributed by atoms with Crippen molar-refractivity contribution in [3.63, 3.8) is 0 Å². The minimum Gasteiger partial charge on any atom is -0.388 e. The van der Waals surface area contributed by atoms with Gasteiger partial charge in [0, 0.05) is 5.75 Å². The predicted octanol–water partition coefficient (Wildman–Crippen LogP) is 3.65. The number of rotatable bonds is 0. The van der Waals surface area contributed by atoms with Gasteiger partial charge < -0.3 is 5.11 Å². The number of benzene rings is 1. The molecule has 0 saturated heterocycles. The van der Waals surface area contributed by atoms with E-state index in [4.69, 9.17) is 0 Å². The van der Waals surface area contributed by atoms with Crippen molar-refractivity contribution >= 4 is 11.8 Å². The number of hydrogen-bond donors (Lipinski definition) is 1. The highest BCUT2D eigenvalue weighted by molar-refractivity contribution is 7.98. The van der Waals surface area contributed by atoms with Gasteiger partial charge in [0.25, 0.3) is 0 Å². The Labute approximate surface area is 102 Å². The summed E-state index contributed by atoms with van der Waals surface area (Å²) >= 11 is 1.92. The third-order valence-corrected chi connectivity index (χ3v) is 4.20. The number of aliphatic hydroxyl groups excluding tert-OH is 1. The van der Waals surface area contributed by atoms with Gasteiger partial charge in [-0.15, -0.1) is 0 Å². The van der Waals surface area contributed by atoms with E-state index >= 15 is 0 Å². The zero-order valence-electron chi connectivity index (χ0n) is 10.3. The van der Waals surface area contributed by atoms with Crippen LogP contribution in [-0.2, 0) is 11.2 Å². The Hall–Kier alpha value is -0.470. The molecule has 0 aliphatic carbocycles. The van der Waals surface area contributed by atoms with Crippen molar-refractivity contribution in [1.82, 2.24) is 0 Å². The Morgan fingerprint density at radius 1 is 1.31 bits per heavy atom. The van der Waals surface area contributed by atoms with Crippen LogP contribution in [0.3, 0.4) is 0 Å². The second-order valence-electron chi connectivity index (χ2n) is 5.52. The van der Waals surface area contributed by atoms with Gasteiger partial charge >= 0.3 is 0 Å². The molecule has 1 atom stereocenters. The van der Waals surface area contributed by atoms with Gasteiger partial charge in [0.15, 0.2) is 0 Å². The third kappa shape index (κ3) is 2.44. The first-order chi connectivity index (χ1) is 7.48. The van der Waals surface area contributed by atoms with Gasteiger partial charge in [0.05, 0.1) is 6.10 Å². The van der Waals surface area contributed by atoms with Crippen LogP contribution in [-0.4, -0.2) is 10.9 Å². The average Bonchev–Trinajstić information content (AvgIpc) is 2.39. The SMILES string of the molecule is CC(C)(C)c1ccc2c(c1)C(O)CCSC2. The largest absolute Gasteiger partial charge is 0.388 e. The summed E-state index contributed by atoms with van der Waals surface area (Å²) < 4.78 is 0. The molecule has 0 saturated carbocycles. The topological polar surface area (TPSA) is 20.2 Å². The molecule has 0 radical (unpaired) electrons. The molecule has 0 fully saturated rings. The number of aliphatic hydroxyl groups is 1. The van der Waals surface area contributed by atoms with Crippen LogP contribution >= 0.6 is 11.8 Å². The van der Waals surface area contributed by atoms with E-state index in [9.17, 15) is 5.11 Å². The second-order valence-corrected chi connectivity index (χ2v) is 6.63. The molecule has 1 N–H and O–H groups in total. The highest BCUT2D eigenvalue weighted by atomic mass is 32.2. The van der Waals surface area contributed by atoms with Gasteiger partial charge in [0.1, 0.15) is 0 Å². The molecule has 88 valence electrons. The van der Waals surface area contributed by atoms with Crippen molar-refractivity contribution in [2.24, 2.45) is 0 Å². The molecule has 1 unspecified atom stereocenters. The van der Waals surface area contributed by atoms with Crippen LogP contribution in [0.4, 0.5) is 0 Å². The van der Waals surface area contributed by atoms with Crippen LogP contribution in [0.25, 0.3) is 0 Å². The maximum absolute atomic E-state index is 10.1. The second kappa shape index (κ2) is 4.42.